The molecule has 0 saturated heterocycles. The van der Waals surface area contributed by atoms with Crippen molar-refractivity contribution >= 4 is 11.9 Å². The van der Waals surface area contributed by atoms with Crippen molar-refractivity contribution in [3.63, 3.8) is 0 Å². The van der Waals surface area contributed by atoms with Crippen LogP contribution < -0.4 is 0 Å². The first-order valence-electron chi connectivity index (χ1n) is 9.41. The Bertz CT molecular complexity index is 487. The summed E-state index contributed by atoms with van der Waals surface area (Å²) in [6.07, 6.45) is 16.8. The van der Waals surface area contributed by atoms with E-state index in [2.05, 4.69) is 6.08 Å². The third kappa shape index (κ3) is 17.0. The van der Waals surface area contributed by atoms with Crippen molar-refractivity contribution in [1.29, 1.82) is 0 Å². The van der Waals surface area contributed by atoms with E-state index in [9.17, 15) is 9.59 Å². The van der Waals surface area contributed by atoms with E-state index in [4.69, 9.17) is 9.84 Å². The van der Waals surface area contributed by atoms with E-state index >= 15 is 0 Å². The maximum Gasteiger partial charge on any atom is 0.307 e. The van der Waals surface area contributed by atoms with Crippen LogP contribution >= 0.6 is 0 Å². The average Bonchev–Trinajstić information content (AvgIpc) is 2.50. The van der Waals surface area contributed by atoms with Crippen LogP contribution in [0.1, 0.15) is 51.9 Å². The molecule has 0 aliphatic rings. The highest BCUT2D eigenvalue weighted by Crippen LogP contribution is 2.10. The van der Waals surface area contributed by atoms with Gasteiger partial charge < -0.3 is 14.3 Å². The lowest BCUT2D eigenvalue weighted by atomic mass is 10.1. The number of ether oxygens (including phenoxy) is 1. The van der Waals surface area contributed by atoms with E-state index in [1.165, 1.54) is 0 Å². The standard InChI is InChI=1S/C21H35NO4/c1-5-6-7-8-9-10-11-12-13-14-15-16-21(25)26-19(17-20(23)24)18-22(2,3)4/h5-10,19H,11-18H2,1-4H3/p+1/b6-5+,8-7+,10-9+. The number of quaternary nitrogens is 1. The monoisotopic (exact) mass is 366 g/mol. The lowest BCUT2D eigenvalue weighted by Crippen LogP contribution is -2.43. The van der Waals surface area contributed by atoms with Crippen molar-refractivity contribution in [2.45, 2.75) is 58.0 Å². The van der Waals surface area contributed by atoms with Gasteiger partial charge in [-0.15, -0.1) is 0 Å². The van der Waals surface area contributed by atoms with Crippen molar-refractivity contribution < 1.29 is 23.9 Å². The van der Waals surface area contributed by atoms with Gasteiger partial charge in [0.25, 0.3) is 0 Å². The first-order chi connectivity index (χ1) is 12.2. The summed E-state index contributed by atoms with van der Waals surface area (Å²) < 4.78 is 5.93. The first kappa shape index (κ1) is 24.1. The van der Waals surface area contributed by atoms with Gasteiger partial charge in [-0.3, -0.25) is 9.59 Å². The molecule has 1 N–H and O–H groups in total. The number of allylic oxidation sites excluding steroid dienone is 6. The Morgan fingerprint density at radius 3 is 2.27 bits per heavy atom. The minimum Gasteiger partial charge on any atom is -0.481 e. The van der Waals surface area contributed by atoms with Gasteiger partial charge in [-0.2, -0.15) is 0 Å². The van der Waals surface area contributed by atoms with Crippen LogP contribution in [-0.4, -0.2) is 55.3 Å². The summed E-state index contributed by atoms with van der Waals surface area (Å²) in [4.78, 5) is 22.9. The Kier molecular flexibility index (Phi) is 13.3. The molecule has 0 radical (unpaired) electrons. The number of carboxylic acids is 1. The Morgan fingerprint density at radius 1 is 1.00 bits per heavy atom. The highest BCUT2D eigenvalue weighted by atomic mass is 16.5. The van der Waals surface area contributed by atoms with Gasteiger partial charge in [0.1, 0.15) is 6.54 Å². The van der Waals surface area contributed by atoms with Crippen LogP contribution in [0.3, 0.4) is 0 Å². The predicted octanol–water partition coefficient (Wildman–Crippen LogP) is 4.11. The Hall–Kier alpha value is -1.88. The number of carbonyl (C=O) groups excluding carboxylic acids is 1. The van der Waals surface area contributed by atoms with Crippen LogP contribution in [0.25, 0.3) is 0 Å². The molecule has 0 spiro atoms. The Balaban J connectivity index is 3.90. The van der Waals surface area contributed by atoms with E-state index in [1.54, 1.807) is 0 Å². The third-order valence-electron chi connectivity index (χ3n) is 3.62. The highest BCUT2D eigenvalue weighted by Gasteiger charge is 2.24. The minimum absolute atomic E-state index is 0.143. The molecular formula is C21H36NO4+. The normalized spacial score (nSPS) is 13.7. The van der Waals surface area contributed by atoms with Crippen LogP contribution in [0.5, 0.6) is 0 Å². The molecule has 0 aliphatic carbocycles. The zero-order valence-corrected chi connectivity index (χ0v) is 16.8. The van der Waals surface area contributed by atoms with Crippen molar-refractivity contribution in [3.05, 3.63) is 36.5 Å². The van der Waals surface area contributed by atoms with Crippen molar-refractivity contribution in [2.75, 3.05) is 27.7 Å². The molecule has 148 valence electrons. The molecule has 26 heavy (non-hydrogen) atoms. The van der Waals surface area contributed by atoms with E-state index in [1.807, 2.05) is 58.4 Å². The molecule has 0 fully saturated rings. The molecule has 1 atom stereocenters. The van der Waals surface area contributed by atoms with Crippen molar-refractivity contribution in [2.24, 2.45) is 0 Å². The smallest absolute Gasteiger partial charge is 0.307 e. The first-order valence-corrected chi connectivity index (χ1v) is 9.41. The Morgan fingerprint density at radius 2 is 1.65 bits per heavy atom. The maximum absolute atomic E-state index is 11.9. The second-order valence-corrected chi connectivity index (χ2v) is 7.47. The predicted molar refractivity (Wildman–Crippen MR) is 106 cm³/mol. The van der Waals surface area contributed by atoms with Gasteiger partial charge in [-0.25, -0.2) is 0 Å². The molecule has 5 nitrogen and oxygen atoms in total. The maximum atomic E-state index is 11.9. The fraction of sp³-hybridized carbons (Fsp3) is 0.619. The number of esters is 1. The van der Waals surface area contributed by atoms with Gasteiger partial charge in [-0.1, -0.05) is 49.3 Å². The second kappa shape index (κ2) is 14.3. The van der Waals surface area contributed by atoms with Gasteiger partial charge >= 0.3 is 11.9 Å². The summed E-state index contributed by atoms with van der Waals surface area (Å²) in [5, 5.41) is 8.96. The van der Waals surface area contributed by atoms with E-state index < -0.39 is 12.1 Å². The molecule has 5 heteroatoms. The molecule has 0 rings (SSSR count). The summed E-state index contributed by atoms with van der Waals surface area (Å²) in [7, 11) is 5.86. The zero-order valence-electron chi connectivity index (χ0n) is 16.8. The van der Waals surface area contributed by atoms with Crippen LogP contribution in [-0.2, 0) is 14.3 Å². The van der Waals surface area contributed by atoms with Crippen molar-refractivity contribution in [1.82, 2.24) is 0 Å². The number of carbonyl (C=O) groups is 2. The number of unbranched alkanes of at least 4 members (excludes halogenated alkanes) is 4. The Labute approximate surface area is 158 Å². The molecule has 0 heterocycles. The van der Waals surface area contributed by atoms with Crippen LogP contribution in [0.2, 0.25) is 0 Å². The number of nitrogens with zero attached hydrogens (tertiary/aromatic N) is 1. The third-order valence-corrected chi connectivity index (χ3v) is 3.62. The molecule has 0 bridgehead atoms. The lowest BCUT2D eigenvalue weighted by Gasteiger charge is -2.28. The number of hydrogen-bond donors (Lipinski definition) is 1. The molecule has 0 saturated carbocycles. The second-order valence-electron chi connectivity index (χ2n) is 7.47. The summed E-state index contributed by atoms with van der Waals surface area (Å²) in [6, 6.07) is 0. The van der Waals surface area contributed by atoms with Gasteiger partial charge in [0.2, 0.25) is 0 Å². The highest BCUT2D eigenvalue weighted by molar-refractivity contribution is 5.71. The van der Waals surface area contributed by atoms with Gasteiger partial charge in [0, 0.05) is 6.42 Å². The SMILES string of the molecule is C/C=C/C=C/C=C/CCCCCCC(=O)OC(CC(=O)O)C[N+](C)(C)C. The summed E-state index contributed by atoms with van der Waals surface area (Å²) in [5.74, 6) is -1.23. The topological polar surface area (TPSA) is 63.6 Å². The zero-order chi connectivity index (χ0) is 19.8. The fourth-order valence-corrected chi connectivity index (χ4v) is 2.49. The fourth-order valence-electron chi connectivity index (χ4n) is 2.49. The molecule has 0 aliphatic heterocycles. The van der Waals surface area contributed by atoms with Gasteiger partial charge in [-0.05, 0) is 26.2 Å². The van der Waals surface area contributed by atoms with Crippen LogP contribution in [0, 0.1) is 0 Å². The van der Waals surface area contributed by atoms with Crippen LogP contribution in [0.15, 0.2) is 36.5 Å². The molecule has 1 unspecified atom stereocenters. The molecule has 0 aromatic rings. The molecule has 0 amide bonds. The molecular weight excluding hydrogens is 330 g/mol. The lowest BCUT2D eigenvalue weighted by molar-refractivity contribution is -0.873. The number of carboxylic acid groups (broad SMARTS) is 1. The number of aliphatic carboxylic acids is 1. The quantitative estimate of drug-likeness (QED) is 0.217. The van der Waals surface area contributed by atoms with E-state index in [-0.39, 0.29) is 12.4 Å². The number of hydrogen-bond acceptors (Lipinski definition) is 3. The van der Waals surface area contributed by atoms with Crippen molar-refractivity contribution in [3.8, 4) is 0 Å². The summed E-state index contributed by atoms with van der Waals surface area (Å²) >= 11 is 0. The minimum atomic E-state index is -0.940. The van der Waals surface area contributed by atoms with E-state index in [0.29, 0.717) is 17.4 Å². The summed E-state index contributed by atoms with van der Waals surface area (Å²) in [5.41, 5.74) is 0. The van der Waals surface area contributed by atoms with E-state index in [0.717, 1.165) is 32.1 Å². The van der Waals surface area contributed by atoms with Gasteiger partial charge in [0.15, 0.2) is 6.10 Å². The molecule has 0 aromatic carbocycles. The largest absolute Gasteiger partial charge is 0.481 e. The number of rotatable bonds is 14. The van der Waals surface area contributed by atoms with Crippen LogP contribution in [0.4, 0.5) is 0 Å². The average molecular weight is 367 g/mol. The summed E-state index contributed by atoms with van der Waals surface area (Å²) in [6.45, 7) is 2.48. The number of likely N-dealkylation sites (N-methyl/N-ethyl adjacent to an activating group) is 1. The molecule has 0 aromatic heterocycles. The van der Waals surface area contributed by atoms with Gasteiger partial charge in [0.05, 0.1) is 27.6 Å².